The van der Waals surface area contributed by atoms with Crippen molar-refractivity contribution in [2.24, 2.45) is 0 Å². The van der Waals surface area contributed by atoms with Crippen LogP contribution in [0.15, 0.2) is 24.3 Å². The van der Waals surface area contributed by atoms with Crippen molar-refractivity contribution in [1.29, 1.82) is 0 Å². The van der Waals surface area contributed by atoms with Crippen LogP contribution in [0.4, 0.5) is 5.69 Å². The number of hydrogen-bond donors (Lipinski definition) is 3. The molecular formula is C9H10BNO5S2. The van der Waals surface area contributed by atoms with Crippen LogP contribution < -0.4 is 9.08 Å². The Hall–Kier alpha value is -1.13. The van der Waals surface area contributed by atoms with Crippen molar-refractivity contribution >= 4 is 49.3 Å². The molecule has 2 aromatic rings. The second-order valence-corrected chi connectivity index (χ2v) is 6.25. The summed E-state index contributed by atoms with van der Waals surface area (Å²) in [6.45, 7) is 0. The molecule has 0 aliphatic carbocycles. The average Bonchev–Trinajstić information content (AvgIpc) is 2.69. The molecule has 9 heteroatoms. The molecule has 0 aliphatic rings. The minimum atomic E-state index is -4.30. The zero-order valence-corrected chi connectivity index (χ0v) is 10.9. The van der Waals surface area contributed by atoms with Gasteiger partial charge < -0.3 is 10.0 Å². The van der Waals surface area contributed by atoms with E-state index in [2.05, 4.69) is 0 Å². The molecule has 0 fully saturated rings. The zero-order valence-electron chi connectivity index (χ0n) is 9.31. The minimum Gasteiger partial charge on any atom is -0.423 e. The van der Waals surface area contributed by atoms with Gasteiger partial charge in [-0.2, -0.15) is 8.42 Å². The quantitative estimate of drug-likeness (QED) is 0.537. The molecule has 3 N–H and O–H groups in total. The van der Waals surface area contributed by atoms with E-state index >= 15 is 0 Å². The highest BCUT2D eigenvalue weighted by molar-refractivity contribution is 7.87. The normalized spacial score (nSPS) is 11.8. The van der Waals surface area contributed by atoms with Gasteiger partial charge in [-0.05, 0) is 29.7 Å². The molecule has 6 nitrogen and oxygen atoms in total. The summed E-state index contributed by atoms with van der Waals surface area (Å²) in [6.07, 6.45) is 0. The maximum absolute atomic E-state index is 11.0. The van der Waals surface area contributed by atoms with Crippen molar-refractivity contribution < 1.29 is 23.0 Å². The summed E-state index contributed by atoms with van der Waals surface area (Å²) in [5.74, 6) is 0. The smallest absolute Gasteiger partial charge is 0.423 e. The number of thiophene rings is 1. The van der Waals surface area contributed by atoms with Gasteiger partial charge in [-0.3, -0.25) is 8.86 Å². The third-order valence-corrected chi connectivity index (χ3v) is 4.54. The summed E-state index contributed by atoms with van der Waals surface area (Å²) in [5, 5.41) is 18.8. The highest BCUT2D eigenvalue weighted by Gasteiger charge is 2.17. The van der Waals surface area contributed by atoms with E-state index in [1.807, 2.05) is 0 Å². The van der Waals surface area contributed by atoms with E-state index in [0.29, 0.717) is 15.9 Å². The molecule has 0 spiro atoms. The average molecular weight is 287 g/mol. The van der Waals surface area contributed by atoms with Gasteiger partial charge in [-0.15, -0.1) is 11.3 Å². The Labute approximate surface area is 108 Å². The van der Waals surface area contributed by atoms with E-state index in [1.54, 1.807) is 18.2 Å². The highest BCUT2D eigenvalue weighted by Crippen LogP contribution is 2.25. The minimum absolute atomic E-state index is 0.293. The van der Waals surface area contributed by atoms with Gasteiger partial charge in [-0.1, -0.05) is 0 Å². The molecular weight excluding hydrogens is 277 g/mol. The van der Waals surface area contributed by atoms with Crippen LogP contribution in [0.5, 0.6) is 0 Å². The molecule has 1 heterocycles. The summed E-state index contributed by atoms with van der Waals surface area (Å²) in [4.78, 5) is 0. The fourth-order valence-corrected chi connectivity index (χ4v) is 2.80. The Morgan fingerprint density at radius 2 is 1.94 bits per heavy atom. The van der Waals surface area contributed by atoms with E-state index in [1.165, 1.54) is 24.5 Å². The van der Waals surface area contributed by atoms with Crippen molar-refractivity contribution in [2.45, 2.75) is 0 Å². The lowest BCUT2D eigenvalue weighted by molar-refractivity contribution is 0.427. The third kappa shape index (κ3) is 2.50. The van der Waals surface area contributed by atoms with Gasteiger partial charge in [-0.25, -0.2) is 0 Å². The first-order chi connectivity index (χ1) is 8.29. The Morgan fingerprint density at radius 3 is 2.50 bits per heavy atom. The van der Waals surface area contributed by atoms with Gasteiger partial charge in [0.2, 0.25) is 0 Å². The number of rotatable bonds is 3. The molecule has 0 saturated carbocycles. The maximum atomic E-state index is 11.0. The predicted molar refractivity (Wildman–Crippen MR) is 71.6 cm³/mol. The predicted octanol–water partition coefficient (Wildman–Crippen LogP) is -0.180. The first-order valence-corrected chi connectivity index (χ1v) is 7.11. The molecule has 0 unspecified atom stereocenters. The highest BCUT2D eigenvalue weighted by atomic mass is 32.2. The van der Waals surface area contributed by atoms with Crippen LogP contribution in [0, 0.1) is 0 Å². The second kappa shape index (κ2) is 4.52. The van der Waals surface area contributed by atoms with Crippen molar-refractivity contribution in [3.8, 4) is 0 Å². The van der Waals surface area contributed by atoms with Crippen LogP contribution in [0.2, 0.25) is 0 Å². The standard InChI is InChI=1S/C9H10BNO5S2/c1-11(18(14,15)16)7-2-3-8-6(4-7)5-9(17-8)10(12)13/h2-5,12-13H,1H3,(H,14,15,16). The van der Waals surface area contributed by atoms with Crippen LogP contribution in [0.1, 0.15) is 0 Å². The van der Waals surface area contributed by atoms with Crippen LogP contribution in [-0.4, -0.2) is 37.2 Å². The second-order valence-electron chi connectivity index (χ2n) is 3.69. The van der Waals surface area contributed by atoms with E-state index in [-0.39, 0.29) is 0 Å². The molecule has 0 radical (unpaired) electrons. The van der Waals surface area contributed by atoms with Crippen LogP contribution in [-0.2, 0) is 10.3 Å². The zero-order chi connectivity index (χ0) is 13.5. The van der Waals surface area contributed by atoms with Crippen molar-refractivity contribution in [3.63, 3.8) is 0 Å². The van der Waals surface area contributed by atoms with Gasteiger partial charge in [0.25, 0.3) is 0 Å². The van der Waals surface area contributed by atoms with Crippen molar-refractivity contribution in [3.05, 3.63) is 24.3 Å². The Kier molecular flexibility index (Phi) is 3.34. The lowest BCUT2D eigenvalue weighted by Gasteiger charge is -2.14. The number of fused-ring (bicyclic) bond motifs is 1. The summed E-state index contributed by atoms with van der Waals surface area (Å²) in [5.41, 5.74) is 0.293. The largest absolute Gasteiger partial charge is 0.499 e. The van der Waals surface area contributed by atoms with Gasteiger partial charge in [0, 0.05) is 16.5 Å². The van der Waals surface area contributed by atoms with Gasteiger partial charge >= 0.3 is 17.4 Å². The molecule has 0 bridgehead atoms. The van der Waals surface area contributed by atoms with E-state index in [9.17, 15) is 8.42 Å². The van der Waals surface area contributed by atoms with E-state index < -0.39 is 17.4 Å². The lowest BCUT2D eigenvalue weighted by atomic mass is 9.89. The fourth-order valence-electron chi connectivity index (χ4n) is 1.51. The Bertz CT molecular complexity index is 681. The van der Waals surface area contributed by atoms with E-state index in [4.69, 9.17) is 14.6 Å². The Morgan fingerprint density at radius 1 is 1.28 bits per heavy atom. The van der Waals surface area contributed by atoms with Crippen molar-refractivity contribution in [2.75, 3.05) is 11.4 Å². The molecule has 0 amide bonds. The van der Waals surface area contributed by atoms with Crippen molar-refractivity contribution in [1.82, 2.24) is 0 Å². The maximum Gasteiger partial charge on any atom is 0.499 e. The lowest BCUT2D eigenvalue weighted by Crippen LogP contribution is -2.26. The Balaban J connectivity index is 2.50. The fraction of sp³-hybridized carbons (Fsp3) is 0.111. The number of anilines is 1. The van der Waals surface area contributed by atoms with E-state index in [0.717, 1.165) is 9.01 Å². The summed E-state index contributed by atoms with van der Waals surface area (Å²) in [6, 6.07) is 6.29. The third-order valence-electron chi connectivity index (χ3n) is 2.48. The van der Waals surface area contributed by atoms with Crippen LogP contribution in [0.3, 0.4) is 0 Å². The van der Waals surface area contributed by atoms with Gasteiger partial charge in [0.05, 0.1) is 5.69 Å². The molecule has 2 rings (SSSR count). The van der Waals surface area contributed by atoms with Crippen LogP contribution in [0.25, 0.3) is 10.1 Å². The van der Waals surface area contributed by atoms with Crippen LogP contribution >= 0.6 is 11.3 Å². The number of nitrogens with zero attached hydrogens (tertiary/aromatic N) is 1. The summed E-state index contributed by atoms with van der Waals surface area (Å²) in [7, 11) is -4.62. The molecule has 18 heavy (non-hydrogen) atoms. The molecule has 0 saturated heterocycles. The molecule has 0 atom stereocenters. The first-order valence-electron chi connectivity index (χ1n) is 4.90. The van der Waals surface area contributed by atoms with Gasteiger partial charge in [0.15, 0.2) is 0 Å². The number of hydrogen-bond acceptors (Lipinski definition) is 5. The molecule has 96 valence electrons. The summed E-state index contributed by atoms with van der Waals surface area (Å²) < 4.78 is 32.8. The molecule has 1 aromatic carbocycles. The monoisotopic (exact) mass is 287 g/mol. The molecule has 1 aromatic heterocycles. The SMILES string of the molecule is CN(c1ccc2sc(B(O)O)cc2c1)S(=O)(=O)O. The van der Waals surface area contributed by atoms with Gasteiger partial charge in [0.1, 0.15) is 0 Å². The summed E-state index contributed by atoms with van der Waals surface area (Å²) >= 11 is 1.20. The number of benzene rings is 1. The molecule has 0 aliphatic heterocycles. The first kappa shape index (κ1) is 13.3. The topological polar surface area (TPSA) is 98.1 Å².